The Morgan fingerprint density at radius 2 is 1.96 bits per heavy atom. The molecule has 2 heterocycles. The Labute approximate surface area is 152 Å². The Balaban J connectivity index is 1.63. The molecule has 0 N–H and O–H groups in total. The highest BCUT2D eigenvalue weighted by Crippen LogP contribution is 2.31. The van der Waals surface area contributed by atoms with Crippen LogP contribution in [0.2, 0.25) is 0 Å². The van der Waals surface area contributed by atoms with E-state index in [1.165, 1.54) is 0 Å². The van der Waals surface area contributed by atoms with Crippen LogP contribution >= 0.6 is 0 Å². The van der Waals surface area contributed by atoms with Gasteiger partial charge in [0, 0.05) is 36.1 Å². The lowest BCUT2D eigenvalue weighted by atomic mass is 10.0. The molecule has 4 rings (SSSR count). The van der Waals surface area contributed by atoms with Crippen molar-refractivity contribution in [2.75, 3.05) is 0 Å². The summed E-state index contributed by atoms with van der Waals surface area (Å²) in [6.07, 6.45) is 5.67. The smallest absolute Gasteiger partial charge is 0.254 e. The molecule has 0 aliphatic heterocycles. The first-order valence-corrected chi connectivity index (χ1v) is 8.86. The van der Waals surface area contributed by atoms with Crippen molar-refractivity contribution in [2.24, 2.45) is 0 Å². The lowest BCUT2D eigenvalue weighted by Crippen LogP contribution is -2.32. The summed E-state index contributed by atoms with van der Waals surface area (Å²) < 4.78 is 5.27. The molecule has 0 saturated heterocycles. The zero-order valence-corrected chi connectivity index (χ0v) is 15.0. The first-order valence-electron chi connectivity index (χ1n) is 8.86. The average Bonchev–Trinajstić information content (AvgIpc) is 3.45. The van der Waals surface area contributed by atoms with Gasteiger partial charge in [0.2, 0.25) is 0 Å². The minimum atomic E-state index is 0.0675. The van der Waals surface area contributed by atoms with Gasteiger partial charge in [0.15, 0.2) is 0 Å². The Morgan fingerprint density at radius 3 is 2.62 bits per heavy atom. The van der Waals surface area contributed by atoms with Crippen LogP contribution in [0.15, 0.2) is 53.3 Å². The molecule has 1 fully saturated rings. The van der Waals surface area contributed by atoms with Gasteiger partial charge in [-0.25, -0.2) is 0 Å². The highest BCUT2D eigenvalue weighted by molar-refractivity contribution is 5.96. The summed E-state index contributed by atoms with van der Waals surface area (Å²) in [5.74, 6) is 0.834. The Hall–Kier alpha value is -2.95. The van der Waals surface area contributed by atoms with E-state index in [2.05, 4.69) is 10.1 Å². The van der Waals surface area contributed by atoms with E-state index in [9.17, 15) is 4.79 Å². The van der Waals surface area contributed by atoms with Crippen LogP contribution in [-0.4, -0.2) is 27.0 Å². The number of pyridine rings is 1. The van der Waals surface area contributed by atoms with E-state index in [-0.39, 0.29) is 5.91 Å². The van der Waals surface area contributed by atoms with E-state index in [1.807, 2.05) is 55.1 Å². The summed E-state index contributed by atoms with van der Waals surface area (Å²) in [4.78, 5) is 19.2. The van der Waals surface area contributed by atoms with Crippen molar-refractivity contribution < 1.29 is 9.32 Å². The molecule has 1 amide bonds. The summed E-state index contributed by atoms with van der Waals surface area (Å²) >= 11 is 0. The molecule has 5 nitrogen and oxygen atoms in total. The molecular formula is C21H21N3O2. The second-order valence-corrected chi connectivity index (χ2v) is 6.80. The van der Waals surface area contributed by atoms with E-state index in [0.29, 0.717) is 18.2 Å². The van der Waals surface area contributed by atoms with E-state index < -0.39 is 0 Å². The third-order valence-corrected chi connectivity index (χ3v) is 4.78. The summed E-state index contributed by atoms with van der Waals surface area (Å²) in [6.45, 7) is 4.42. The lowest BCUT2D eigenvalue weighted by Gasteiger charge is -2.23. The lowest BCUT2D eigenvalue weighted by molar-refractivity contribution is 0.0730. The van der Waals surface area contributed by atoms with Gasteiger partial charge in [-0.2, -0.15) is 0 Å². The molecule has 0 bridgehead atoms. The van der Waals surface area contributed by atoms with Crippen molar-refractivity contribution in [3.05, 3.63) is 71.4 Å². The fourth-order valence-corrected chi connectivity index (χ4v) is 3.31. The number of rotatable bonds is 5. The van der Waals surface area contributed by atoms with Crippen LogP contribution < -0.4 is 0 Å². The normalized spacial score (nSPS) is 13.6. The minimum absolute atomic E-state index is 0.0675. The quantitative estimate of drug-likeness (QED) is 0.695. The van der Waals surface area contributed by atoms with E-state index >= 15 is 0 Å². The maximum atomic E-state index is 13.2. The summed E-state index contributed by atoms with van der Waals surface area (Å²) in [5, 5.41) is 4.02. The number of hydrogen-bond acceptors (Lipinski definition) is 4. The molecule has 0 spiro atoms. The van der Waals surface area contributed by atoms with Gasteiger partial charge in [-0.15, -0.1) is 0 Å². The maximum absolute atomic E-state index is 13.2. The number of carbonyl (C=O) groups excluding carboxylic acids is 1. The summed E-state index contributed by atoms with van der Waals surface area (Å²) in [5.41, 5.74) is 4.56. The predicted molar refractivity (Wildman–Crippen MR) is 98.5 cm³/mol. The molecule has 3 aromatic rings. The highest BCUT2D eigenvalue weighted by atomic mass is 16.5. The highest BCUT2D eigenvalue weighted by Gasteiger charge is 2.33. The minimum Gasteiger partial charge on any atom is -0.361 e. The molecule has 0 radical (unpaired) electrons. The Bertz CT molecular complexity index is 910. The van der Waals surface area contributed by atoms with Crippen molar-refractivity contribution in [1.29, 1.82) is 0 Å². The van der Waals surface area contributed by atoms with Gasteiger partial charge in [0.1, 0.15) is 5.76 Å². The fourth-order valence-electron chi connectivity index (χ4n) is 3.31. The van der Waals surface area contributed by atoms with Crippen LogP contribution in [0.4, 0.5) is 0 Å². The van der Waals surface area contributed by atoms with E-state index in [0.717, 1.165) is 41.0 Å². The first kappa shape index (κ1) is 16.5. The molecule has 26 heavy (non-hydrogen) atoms. The van der Waals surface area contributed by atoms with Crippen molar-refractivity contribution >= 4 is 5.91 Å². The van der Waals surface area contributed by atoms with Crippen LogP contribution in [0.3, 0.4) is 0 Å². The largest absolute Gasteiger partial charge is 0.361 e. The zero-order chi connectivity index (χ0) is 18.1. The Morgan fingerprint density at radius 1 is 1.19 bits per heavy atom. The van der Waals surface area contributed by atoms with Crippen LogP contribution in [0.25, 0.3) is 11.1 Å². The van der Waals surface area contributed by atoms with Crippen molar-refractivity contribution in [3.8, 4) is 11.1 Å². The molecule has 1 aliphatic rings. The SMILES string of the molecule is Cc1noc(C)c1-c1cccc(C(=O)N(Cc2ccncc2)C2CC2)c1. The molecule has 132 valence electrons. The molecular weight excluding hydrogens is 326 g/mol. The van der Waals surface area contributed by atoms with Crippen LogP contribution in [0.1, 0.15) is 40.2 Å². The molecule has 1 aliphatic carbocycles. The standard InChI is InChI=1S/C21H21N3O2/c1-14-20(15(2)26-23-14)17-4-3-5-18(12-17)21(25)24(19-6-7-19)13-16-8-10-22-11-9-16/h3-5,8-12,19H,6-7,13H2,1-2H3. The van der Waals surface area contributed by atoms with Gasteiger partial charge < -0.3 is 9.42 Å². The number of amides is 1. The molecule has 0 atom stereocenters. The van der Waals surface area contributed by atoms with Gasteiger partial charge in [-0.1, -0.05) is 17.3 Å². The van der Waals surface area contributed by atoms with E-state index in [4.69, 9.17) is 4.52 Å². The van der Waals surface area contributed by atoms with Crippen molar-refractivity contribution in [2.45, 2.75) is 39.3 Å². The zero-order valence-electron chi connectivity index (χ0n) is 15.0. The number of carbonyl (C=O) groups is 1. The first-order chi connectivity index (χ1) is 12.6. The third kappa shape index (κ3) is 3.25. The topological polar surface area (TPSA) is 59.2 Å². The maximum Gasteiger partial charge on any atom is 0.254 e. The van der Waals surface area contributed by atoms with Crippen molar-refractivity contribution in [3.63, 3.8) is 0 Å². The average molecular weight is 347 g/mol. The van der Waals surface area contributed by atoms with Gasteiger partial charge in [0.25, 0.3) is 5.91 Å². The van der Waals surface area contributed by atoms with Crippen LogP contribution in [0.5, 0.6) is 0 Å². The number of aryl methyl sites for hydroxylation is 2. The summed E-state index contributed by atoms with van der Waals surface area (Å²) in [6, 6.07) is 12.0. The third-order valence-electron chi connectivity index (χ3n) is 4.78. The van der Waals surface area contributed by atoms with Gasteiger partial charge in [-0.3, -0.25) is 9.78 Å². The predicted octanol–water partition coefficient (Wildman–Crippen LogP) is 4.16. The van der Waals surface area contributed by atoms with Gasteiger partial charge >= 0.3 is 0 Å². The monoisotopic (exact) mass is 347 g/mol. The van der Waals surface area contributed by atoms with Crippen molar-refractivity contribution in [1.82, 2.24) is 15.0 Å². The number of aromatic nitrogens is 2. The fraction of sp³-hybridized carbons (Fsp3) is 0.286. The number of hydrogen-bond donors (Lipinski definition) is 0. The van der Waals surface area contributed by atoms with Crippen LogP contribution in [0, 0.1) is 13.8 Å². The van der Waals surface area contributed by atoms with Gasteiger partial charge in [0.05, 0.1) is 5.69 Å². The summed E-state index contributed by atoms with van der Waals surface area (Å²) in [7, 11) is 0. The van der Waals surface area contributed by atoms with E-state index in [1.54, 1.807) is 12.4 Å². The number of nitrogens with zero attached hydrogens (tertiary/aromatic N) is 3. The second-order valence-electron chi connectivity index (χ2n) is 6.80. The Kier molecular flexibility index (Phi) is 4.29. The molecule has 1 aromatic carbocycles. The van der Waals surface area contributed by atoms with Gasteiger partial charge in [-0.05, 0) is 62.1 Å². The second kappa shape index (κ2) is 6.75. The molecule has 0 unspecified atom stereocenters. The molecule has 2 aromatic heterocycles. The number of benzene rings is 1. The van der Waals surface area contributed by atoms with Crippen LogP contribution in [-0.2, 0) is 6.54 Å². The molecule has 1 saturated carbocycles. The molecule has 5 heteroatoms.